The van der Waals surface area contributed by atoms with Gasteiger partial charge in [0.1, 0.15) is 5.60 Å². The van der Waals surface area contributed by atoms with Crippen LogP contribution in [0.3, 0.4) is 0 Å². The second kappa shape index (κ2) is 10.5. The first-order valence-electron chi connectivity index (χ1n) is 10.7. The highest BCUT2D eigenvalue weighted by molar-refractivity contribution is 9.10. The number of carbonyl (C=O) groups is 2. The van der Waals surface area contributed by atoms with E-state index >= 15 is 0 Å². The number of nitrogens with zero attached hydrogens (tertiary/aromatic N) is 1. The van der Waals surface area contributed by atoms with Gasteiger partial charge in [-0.05, 0) is 49.2 Å². The number of nitrogens with one attached hydrogen (secondary N) is 1. The Morgan fingerprint density at radius 2 is 1.97 bits per heavy atom. The summed E-state index contributed by atoms with van der Waals surface area (Å²) >= 11 is 9.71. The van der Waals surface area contributed by atoms with Crippen LogP contribution in [0.2, 0.25) is 5.02 Å². The lowest BCUT2D eigenvalue weighted by molar-refractivity contribution is -0.0280. The first-order chi connectivity index (χ1) is 15.1. The molecule has 32 heavy (non-hydrogen) atoms. The highest BCUT2D eigenvalue weighted by Gasteiger charge is 2.34. The molecule has 8 nitrogen and oxygen atoms in total. The molecular formula is C22H30BrClN2O6. The number of fused-ring (bicyclic) bond motifs is 1. The van der Waals surface area contributed by atoms with Gasteiger partial charge in [0.2, 0.25) is 0 Å². The summed E-state index contributed by atoms with van der Waals surface area (Å²) in [6.45, 7) is 7.78. The fraction of sp³-hybridized carbons (Fsp3) is 0.636. The molecule has 2 atom stereocenters. The first kappa shape index (κ1) is 24.9. The Morgan fingerprint density at radius 1 is 1.28 bits per heavy atom. The van der Waals surface area contributed by atoms with Gasteiger partial charge in [-0.1, -0.05) is 11.6 Å². The SMILES string of the molecule is CO[C@@H]1CN(C(=O)OC(C)(C)C)CC[C@H]1CNC(=O)c1cc(Cl)c(Br)c2c1OCCCO2. The summed E-state index contributed by atoms with van der Waals surface area (Å²) in [6.07, 6.45) is 0.815. The normalized spacial score (nSPS) is 21.0. The molecule has 1 aromatic carbocycles. The molecule has 0 aliphatic carbocycles. The van der Waals surface area contributed by atoms with Gasteiger partial charge in [-0.2, -0.15) is 0 Å². The van der Waals surface area contributed by atoms with Crippen molar-refractivity contribution in [1.29, 1.82) is 0 Å². The molecule has 1 N–H and O–H groups in total. The number of carbonyl (C=O) groups excluding carboxylic acids is 2. The lowest BCUT2D eigenvalue weighted by Gasteiger charge is -2.38. The van der Waals surface area contributed by atoms with Crippen LogP contribution in [0, 0.1) is 5.92 Å². The van der Waals surface area contributed by atoms with E-state index in [9.17, 15) is 9.59 Å². The minimum atomic E-state index is -0.555. The van der Waals surface area contributed by atoms with Crippen LogP contribution in [0.4, 0.5) is 4.79 Å². The van der Waals surface area contributed by atoms with Crippen LogP contribution in [-0.4, -0.2) is 68.6 Å². The largest absolute Gasteiger partial charge is 0.489 e. The van der Waals surface area contributed by atoms with Crippen molar-refractivity contribution in [3.63, 3.8) is 0 Å². The maximum absolute atomic E-state index is 13.0. The number of amides is 2. The zero-order chi connectivity index (χ0) is 23.5. The number of likely N-dealkylation sites (tertiary alicyclic amines) is 1. The molecule has 0 unspecified atom stereocenters. The second-order valence-corrected chi connectivity index (χ2v) is 10.1. The topological polar surface area (TPSA) is 86.3 Å². The van der Waals surface area contributed by atoms with E-state index in [1.54, 1.807) is 18.1 Å². The lowest BCUT2D eigenvalue weighted by atomic mass is 9.93. The van der Waals surface area contributed by atoms with Gasteiger partial charge in [0, 0.05) is 32.5 Å². The van der Waals surface area contributed by atoms with Crippen LogP contribution in [0.25, 0.3) is 0 Å². The number of methoxy groups -OCH3 is 1. The fourth-order valence-electron chi connectivity index (χ4n) is 3.71. The Bertz CT molecular complexity index is 860. The molecule has 0 spiro atoms. The number of halogens is 2. The van der Waals surface area contributed by atoms with Gasteiger partial charge < -0.3 is 29.2 Å². The van der Waals surface area contributed by atoms with Crippen molar-refractivity contribution < 1.29 is 28.5 Å². The van der Waals surface area contributed by atoms with Gasteiger partial charge in [-0.25, -0.2) is 4.79 Å². The number of ether oxygens (including phenoxy) is 4. The van der Waals surface area contributed by atoms with Gasteiger partial charge in [-0.15, -0.1) is 0 Å². The zero-order valence-corrected chi connectivity index (χ0v) is 21.2. The lowest BCUT2D eigenvalue weighted by Crippen LogP contribution is -2.51. The molecule has 1 saturated heterocycles. The van der Waals surface area contributed by atoms with Crippen LogP contribution in [0.5, 0.6) is 11.5 Å². The molecular weight excluding hydrogens is 504 g/mol. The summed E-state index contributed by atoms with van der Waals surface area (Å²) in [5.74, 6) is 0.579. The number of rotatable bonds is 4. The zero-order valence-electron chi connectivity index (χ0n) is 18.8. The Morgan fingerprint density at radius 3 is 2.62 bits per heavy atom. The van der Waals surface area contributed by atoms with E-state index in [1.807, 2.05) is 20.8 Å². The minimum Gasteiger partial charge on any atom is -0.489 e. The Labute approximate surface area is 202 Å². The Hall–Kier alpha value is -1.71. The van der Waals surface area contributed by atoms with Gasteiger partial charge in [0.05, 0.1) is 40.9 Å². The molecule has 2 heterocycles. The molecule has 1 aromatic rings. The summed E-state index contributed by atoms with van der Waals surface area (Å²) in [7, 11) is 1.61. The van der Waals surface area contributed by atoms with Crippen LogP contribution in [0.1, 0.15) is 44.0 Å². The van der Waals surface area contributed by atoms with Crippen molar-refractivity contribution in [2.75, 3.05) is 40.0 Å². The van der Waals surface area contributed by atoms with E-state index in [1.165, 1.54) is 0 Å². The molecule has 2 aliphatic heterocycles. The van der Waals surface area contributed by atoms with E-state index in [2.05, 4.69) is 21.2 Å². The van der Waals surface area contributed by atoms with Crippen molar-refractivity contribution in [2.24, 2.45) is 5.92 Å². The first-order valence-corrected chi connectivity index (χ1v) is 11.8. The van der Waals surface area contributed by atoms with E-state index in [-0.39, 0.29) is 24.0 Å². The molecule has 2 amide bonds. The highest BCUT2D eigenvalue weighted by Crippen LogP contribution is 2.44. The van der Waals surface area contributed by atoms with Crippen LogP contribution in [0.15, 0.2) is 10.5 Å². The minimum absolute atomic E-state index is 0.0457. The monoisotopic (exact) mass is 532 g/mol. The standard InChI is InChI=1S/C22H30BrClN2O6/c1-22(2,3)32-21(28)26-7-6-13(16(12-26)29-4)11-25-20(27)14-10-15(24)17(23)19-18(14)30-8-5-9-31-19/h10,13,16H,5-9,11-12H2,1-4H3,(H,25,27)/t13-,16+/m0/s1. The number of hydrogen-bond donors (Lipinski definition) is 1. The quantitative estimate of drug-likeness (QED) is 0.622. The number of benzene rings is 1. The third kappa shape index (κ3) is 5.99. The molecule has 178 valence electrons. The van der Waals surface area contributed by atoms with Gasteiger partial charge >= 0.3 is 6.09 Å². The van der Waals surface area contributed by atoms with Crippen molar-refractivity contribution in [3.05, 3.63) is 21.1 Å². The smallest absolute Gasteiger partial charge is 0.410 e. The van der Waals surface area contributed by atoms with Crippen molar-refractivity contribution >= 4 is 39.5 Å². The van der Waals surface area contributed by atoms with Gasteiger partial charge in [-0.3, -0.25) is 4.79 Å². The van der Waals surface area contributed by atoms with Crippen molar-refractivity contribution in [1.82, 2.24) is 10.2 Å². The van der Waals surface area contributed by atoms with E-state index in [0.29, 0.717) is 72.2 Å². The molecule has 2 aliphatic rings. The molecule has 0 aromatic heterocycles. The average molecular weight is 534 g/mol. The average Bonchev–Trinajstić information content (AvgIpc) is 2.99. The Kier molecular flexibility index (Phi) is 8.16. The molecule has 0 bridgehead atoms. The predicted molar refractivity (Wildman–Crippen MR) is 124 cm³/mol. The van der Waals surface area contributed by atoms with Crippen LogP contribution < -0.4 is 14.8 Å². The van der Waals surface area contributed by atoms with Crippen LogP contribution in [-0.2, 0) is 9.47 Å². The van der Waals surface area contributed by atoms with Gasteiger partial charge in [0.25, 0.3) is 5.91 Å². The highest BCUT2D eigenvalue weighted by atomic mass is 79.9. The third-order valence-corrected chi connectivity index (χ3v) is 6.65. The maximum atomic E-state index is 13.0. The van der Waals surface area contributed by atoms with E-state index in [4.69, 9.17) is 30.5 Å². The number of hydrogen-bond acceptors (Lipinski definition) is 6. The summed E-state index contributed by atoms with van der Waals surface area (Å²) in [5, 5.41) is 3.34. The summed E-state index contributed by atoms with van der Waals surface area (Å²) in [6, 6.07) is 1.58. The van der Waals surface area contributed by atoms with Crippen LogP contribution >= 0.6 is 27.5 Å². The van der Waals surface area contributed by atoms with Crippen molar-refractivity contribution in [2.45, 2.75) is 45.3 Å². The molecule has 0 saturated carbocycles. The Balaban J connectivity index is 1.65. The van der Waals surface area contributed by atoms with E-state index in [0.717, 1.165) is 0 Å². The molecule has 0 radical (unpaired) electrons. The summed E-state index contributed by atoms with van der Waals surface area (Å²) in [5.41, 5.74) is -0.226. The van der Waals surface area contributed by atoms with E-state index < -0.39 is 5.60 Å². The summed E-state index contributed by atoms with van der Waals surface area (Å²) in [4.78, 5) is 27.1. The summed E-state index contributed by atoms with van der Waals surface area (Å²) < 4.78 is 23.2. The second-order valence-electron chi connectivity index (χ2n) is 8.89. The predicted octanol–water partition coefficient (Wildman–Crippen LogP) is 4.27. The third-order valence-electron chi connectivity index (χ3n) is 5.33. The fourth-order valence-corrected chi connectivity index (χ4v) is 4.32. The number of piperidine rings is 1. The molecule has 3 rings (SSSR count). The molecule has 1 fully saturated rings. The maximum Gasteiger partial charge on any atom is 0.410 e. The molecule has 10 heteroatoms. The van der Waals surface area contributed by atoms with Crippen molar-refractivity contribution in [3.8, 4) is 11.5 Å². The van der Waals surface area contributed by atoms with Gasteiger partial charge in [0.15, 0.2) is 11.5 Å².